The maximum Gasteiger partial charge on any atom is 0.139 e. The number of imidazole rings is 1. The molecular weight excluding hydrogens is 354 g/mol. The first-order valence-electron chi connectivity index (χ1n) is 11.3. The Kier molecular flexibility index (Phi) is 3.70. The summed E-state index contributed by atoms with van der Waals surface area (Å²) in [7, 11) is 0. The van der Waals surface area contributed by atoms with E-state index in [1.165, 1.54) is 66.7 Å². The van der Waals surface area contributed by atoms with Gasteiger partial charge in [0, 0.05) is 16.8 Å². The van der Waals surface area contributed by atoms with Crippen molar-refractivity contribution in [1.82, 2.24) is 9.38 Å². The average Bonchev–Trinajstić information content (AvgIpc) is 2.99. The van der Waals surface area contributed by atoms with Gasteiger partial charge in [-0.1, -0.05) is 29.8 Å². The summed E-state index contributed by atoms with van der Waals surface area (Å²) in [6.45, 7) is 6.53. The molecule has 0 spiro atoms. The van der Waals surface area contributed by atoms with Gasteiger partial charge < -0.3 is 5.32 Å². The minimum atomic E-state index is 0.265. The standard InChI is InChI=1S/C26H31N3/c1-16-4-6-22(7-5-16)24-25(29-18(3)8-17(2)9-23(29)27-24)28-26-13-19-10-20(14-26)12-21(11-19)15-26/h4-9,19-21,28H,10-15H2,1-3H3. The van der Waals surface area contributed by atoms with Gasteiger partial charge in [0.1, 0.15) is 17.2 Å². The third kappa shape index (κ3) is 2.81. The highest BCUT2D eigenvalue weighted by Gasteiger charge is 2.51. The van der Waals surface area contributed by atoms with Crippen molar-refractivity contribution in [2.75, 3.05) is 5.32 Å². The summed E-state index contributed by atoms with van der Waals surface area (Å²) in [5.41, 5.74) is 7.47. The van der Waals surface area contributed by atoms with Crippen molar-refractivity contribution in [3.8, 4) is 11.3 Å². The quantitative estimate of drug-likeness (QED) is 0.573. The predicted octanol–water partition coefficient (Wildman–Crippen LogP) is 6.31. The van der Waals surface area contributed by atoms with Gasteiger partial charge >= 0.3 is 0 Å². The van der Waals surface area contributed by atoms with Crippen molar-refractivity contribution >= 4 is 11.5 Å². The summed E-state index contributed by atoms with van der Waals surface area (Å²) in [4.78, 5) is 5.13. The summed E-state index contributed by atoms with van der Waals surface area (Å²) in [5.74, 6) is 4.00. The number of rotatable bonds is 3. The highest BCUT2D eigenvalue weighted by atomic mass is 15.2. The van der Waals surface area contributed by atoms with Crippen LogP contribution in [0.3, 0.4) is 0 Å². The van der Waals surface area contributed by atoms with Gasteiger partial charge in [-0.25, -0.2) is 4.98 Å². The molecule has 4 fully saturated rings. The fourth-order valence-corrected chi connectivity index (χ4v) is 7.07. The van der Waals surface area contributed by atoms with E-state index in [0.717, 1.165) is 29.1 Å². The Morgan fingerprint density at radius 2 is 1.48 bits per heavy atom. The third-order valence-electron chi connectivity index (χ3n) is 7.80. The van der Waals surface area contributed by atoms with Crippen LogP contribution in [0.5, 0.6) is 0 Å². The van der Waals surface area contributed by atoms with E-state index >= 15 is 0 Å². The Morgan fingerprint density at radius 3 is 2.10 bits per heavy atom. The minimum absolute atomic E-state index is 0.265. The van der Waals surface area contributed by atoms with Gasteiger partial charge in [0.2, 0.25) is 0 Å². The van der Waals surface area contributed by atoms with Crippen LogP contribution in [-0.2, 0) is 0 Å². The van der Waals surface area contributed by atoms with Crippen LogP contribution in [0.2, 0.25) is 0 Å². The fourth-order valence-electron chi connectivity index (χ4n) is 7.07. The first kappa shape index (κ1) is 17.6. The van der Waals surface area contributed by atoms with Crippen molar-refractivity contribution in [3.05, 3.63) is 53.2 Å². The number of aromatic nitrogens is 2. The lowest BCUT2D eigenvalue weighted by Gasteiger charge is -2.57. The second-order valence-electron chi connectivity index (χ2n) is 10.4. The Bertz CT molecular complexity index is 1050. The van der Waals surface area contributed by atoms with Crippen LogP contribution in [0.4, 0.5) is 5.82 Å². The molecule has 2 aromatic heterocycles. The molecule has 150 valence electrons. The van der Waals surface area contributed by atoms with Gasteiger partial charge in [-0.3, -0.25) is 4.40 Å². The van der Waals surface area contributed by atoms with Crippen molar-refractivity contribution in [1.29, 1.82) is 0 Å². The molecule has 0 radical (unpaired) electrons. The molecule has 0 atom stereocenters. The monoisotopic (exact) mass is 385 g/mol. The lowest BCUT2D eigenvalue weighted by molar-refractivity contribution is 0.0105. The van der Waals surface area contributed by atoms with Crippen molar-refractivity contribution in [2.45, 2.75) is 64.8 Å². The molecule has 3 heteroatoms. The van der Waals surface area contributed by atoms with Gasteiger partial charge in [-0.15, -0.1) is 0 Å². The van der Waals surface area contributed by atoms with E-state index in [9.17, 15) is 0 Å². The van der Waals surface area contributed by atoms with E-state index in [4.69, 9.17) is 4.98 Å². The van der Waals surface area contributed by atoms with Crippen LogP contribution in [0.15, 0.2) is 36.4 Å². The molecule has 4 aliphatic carbocycles. The van der Waals surface area contributed by atoms with Crippen molar-refractivity contribution in [2.24, 2.45) is 17.8 Å². The molecule has 0 aliphatic heterocycles. The van der Waals surface area contributed by atoms with Crippen LogP contribution in [0, 0.1) is 38.5 Å². The summed E-state index contributed by atoms with van der Waals surface area (Å²) in [6, 6.07) is 13.3. The zero-order valence-corrected chi connectivity index (χ0v) is 17.8. The lowest BCUT2D eigenvalue weighted by Crippen LogP contribution is -2.55. The molecule has 4 bridgehead atoms. The van der Waals surface area contributed by atoms with E-state index in [2.05, 4.69) is 66.9 Å². The second kappa shape index (κ2) is 6.10. The maximum atomic E-state index is 5.13. The Balaban J connectivity index is 1.51. The van der Waals surface area contributed by atoms with Crippen LogP contribution < -0.4 is 5.32 Å². The zero-order chi connectivity index (χ0) is 19.8. The summed E-state index contributed by atoms with van der Waals surface area (Å²) in [6.07, 6.45) is 8.42. The molecule has 3 nitrogen and oxygen atoms in total. The molecule has 0 saturated heterocycles. The normalized spacial score (nSPS) is 30.2. The summed E-state index contributed by atoms with van der Waals surface area (Å²) >= 11 is 0. The van der Waals surface area contributed by atoms with E-state index < -0.39 is 0 Å². The molecule has 3 aromatic rings. The summed E-state index contributed by atoms with van der Waals surface area (Å²) < 4.78 is 2.36. The molecule has 0 unspecified atom stereocenters. The first-order chi connectivity index (χ1) is 14.0. The maximum absolute atomic E-state index is 5.13. The highest BCUT2D eigenvalue weighted by molar-refractivity contribution is 5.78. The molecule has 0 amide bonds. The van der Waals surface area contributed by atoms with E-state index in [-0.39, 0.29) is 5.54 Å². The number of hydrogen-bond acceptors (Lipinski definition) is 2. The molecule has 4 aliphatic rings. The molecule has 1 aromatic carbocycles. The Morgan fingerprint density at radius 1 is 0.862 bits per heavy atom. The van der Waals surface area contributed by atoms with Gasteiger partial charge in [0.15, 0.2) is 0 Å². The van der Waals surface area contributed by atoms with Gasteiger partial charge in [-0.2, -0.15) is 0 Å². The Labute approximate surface area is 173 Å². The highest BCUT2D eigenvalue weighted by Crippen LogP contribution is 2.57. The molecular formula is C26H31N3. The molecule has 7 rings (SSSR count). The zero-order valence-electron chi connectivity index (χ0n) is 17.8. The minimum Gasteiger partial charge on any atom is -0.364 e. The number of aryl methyl sites for hydroxylation is 3. The van der Waals surface area contributed by atoms with Crippen LogP contribution in [-0.4, -0.2) is 14.9 Å². The largest absolute Gasteiger partial charge is 0.364 e. The lowest BCUT2D eigenvalue weighted by atomic mass is 9.53. The number of anilines is 1. The number of pyridine rings is 1. The van der Waals surface area contributed by atoms with Crippen LogP contribution in [0.25, 0.3) is 16.9 Å². The molecule has 4 saturated carbocycles. The second-order valence-corrected chi connectivity index (χ2v) is 10.4. The molecule has 29 heavy (non-hydrogen) atoms. The number of fused-ring (bicyclic) bond motifs is 1. The van der Waals surface area contributed by atoms with E-state index in [1.807, 2.05) is 0 Å². The predicted molar refractivity (Wildman–Crippen MR) is 119 cm³/mol. The summed E-state index contributed by atoms with van der Waals surface area (Å²) in [5, 5.41) is 4.15. The van der Waals surface area contributed by atoms with E-state index in [0.29, 0.717) is 0 Å². The third-order valence-corrected chi connectivity index (χ3v) is 7.80. The number of benzene rings is 1. The van der Waals surface area contributed by atoms with Crippen molar-refractivity contribution < 1.29 is 0 Å². The molecule has 2 heterocycles. The van der Waals surface area contributed by atoms with Crippen LogP contribution >= 0.6 is 0 Å². The van der Waals surface area contributed by atoms with Gasteiger partial charge in [0.05, 0.1) is 0 Å². The number of nitrogens with one attached hydrogen (secondary N) is 1. The van der Waals surface area contributed by atoms with E-state index in [1.54, 1.807) is 0 Å². The molecule has 1 N–H and O–H groups in total. The Hall–Kier alpha value is -2.29. The SMILES string of the molecule is Cc1ccc(-c2nc3cc(C)cc(C)n3c2NC23CC4CC(CC(C4)C2)C3)cc1. The van der Waals surface area contributed by atoms with Crippen molar-refractivity contribution in [3.63, 3.8) is 0 Å². The first-order valence-corrected chi connectivity index (χ1v) is 11.3. The van der Waals surface area contributed by atoms with Crippen LogP contribution in [0.1, 0.15) is 55.3 Å². The number of nitrogens with zero attached hydrogens (tertiary/aromatic N) is 2. The topological polar surface area (TPSA) is 29.3 Å². The van der Waals surface area contributed by atoms with Gasteiger partial charge in [-0.05, 0) is 94.7 Å². The smallest absolute Gasteiger partial charge is 0.139 e. The van der Waals surface area contributed by atoms with Gasteiger partial charge in [0.25, 0.3) is 0 Å². The number of hydrogen-bond donors (Lipinski definition) is 1. The fraction of sp³-hybridized carbons (Fsp3) is 0.500. The average molecular weight is 386 g/mol.